The molecule has 2 saturated heterocycles. The van der Waals surface area contributed by atoms with E-state index in [2.05, 4.69) is 60.9 Å². The van der Waals surface area contributed by atoms with Gasteiger partial charge in [-0.15, -0.1) is 0 Å². The first-order valence-electron chi connectivity index (χ1n) is 19.7. The number of carbonyl (C=O) groups excluding carboxylic acids is 1. The Kier molecular flexibility index (Phi) is 17.0. The van der Waals surface area contributed by atoms with Gasteiger partial charge >= 0.3 is 5.97 Å². The van der Waals surface area contributed by atoms with Crippen molar-refractivity contribution in [2.45, 2.75) is 45.4 Å². The highest BCUT2D eigenvalue weighted by atomic mass is 16.5. The van der Waals surface area contributed by atoms with E-state index in [9.17, 15) is 4.79 Å². The number of esters is 1. The third-order valence-electron chi connectivity index (χ3n) is 10.5. The zero-order valence-corrected chi connectivity index (χ0v) is 33.6. The molecule has 2 fully saturated rings. The van der Waals surface area contributed by atoms with Crippen LogP contribution < -0.4 is 15.4 Å². The number of carbonyl (C=O) groups is 1. The number of ether oxygens (including phenoxy) is 5. The van der Waals surface area contributed by atoms with Crippen molar-refractivity contribution in [2.24, 2.45) is 11.0 Å². The first-order valence-corrected chi connectivity index (χ1v) is 19.7. The Balaban J connectivity index is 1.18. The van der Waals surface area contributed by atoms with Crippen LogP contribution in [0.2, 0.25) is 0 Å². The van der Waals surface area contributed by atoms with Gasteiger partial charge in [0.25, 0.3) is 0 Å². The molecule has 2 aliphatic rings. The van der Waals surface area contributed by atoms with E-state index in [0.717, 1.165) is 106 Å². The molecule has 0 radical (unpaired) electrons. The van der Waals surface area contributed by atoms with E-state index >= 15 is 0 Å². The van der Waals surface area contributed by atoms with Crippen molar-refractivity contribution in [1.29, 1.82) is 0 Å². The van der Waals surface area contributed by atoms with Crippen LogP contribution in [0.15, 0.2) is 41.5 Å². The van der Waals surface area contributed by atoms with Crippen molar-refractivity contribution >= 4 is 17.5 Å². The van der Waals surface area contributed by atoms with Crippen molar-refractivity contribution in [3.8, 4) is 11.4 Å². The van der Waals surface area contributed by atoms with Crippen molar-refractivity contribution < 1.29 is 28.5 Å². The van der Waals surface area contributed by atoms with E-state index in [1.165, 1.54) is 7.11 Å². The van der Waals surface area contributed by atoms with Crippen LogP contribution in [0.4, 0.5) is 11.5 Å². The van der Waals surface area contributed by atoms with Gasteiger partial charge in [-0.05, 0) is 93.1 Å². The van der Waals surface area contributed by atoms with Crippen LogP contribution in [0.25, 0.3) is 16.1 Å². The van der Waals surface area contributed by atoms with Gasteiger partial charge < -0.3 is 39.2 Å². The Hall–Kier alpha value is -4.44. The zero-order valence-electron chi connectivity index (χ0n) is 33.6. The summed E-state index contributed by atoms with van der Waals surface area (Å²) in [7, 11) is 3.07. The average molecular weight is 777 g/mol. The number of aryl methyl sites for hydroxylation is 3. The number of nitrogen functional groups attached to an aromatic ring is 1. The largest absolute Gasteiger partial charge is 0.493 e. The first kappa shape index (κ1) is 42.7. The van der Waals surface area contributed by atoms with Gasteiger partial charge in [-0.25, -0.2) is 9.67 Å². The molecule has 5 rings (SSSR count). The zero-order chi connectivity index (χ0) is 39.7. The Bertz CT molecular complexity index is 1730. The second-order valence-corrected chi connectivity index (χ2v) is 14.6. The number of pyridine rings is 1. The Morgan fingerprint density at radius 3 is 2.36 bits per heavy atom. The number of aromatic nitrogens is 3. The summed E-state index contributed by atoms with van der Waals surface area (Å²) in [6.45, 7) is 14.6. The average Bonchev–Trinajstić information content (AvgIpc) is 3.81. The van der Waals surface area contributed by atoms with Gasteiger partial charge in [0, 0.05) is 80.3 Å². The van der Waals surface area contributed by atoms with Crippen LogP contribution in [0, 0.1) is 19.8 Å². The minimum Gasteiger partial charge on any atom is -0.493 e. The van der Waals surface area contributed by atoms with E-state index in [-0.39, 0.29) is 11.9 Å². The molecule has 3 aromatic rings. The number of piperazine rings is 1. The van der Waals surface area contributed by atoms with E-state index in [1.807, 2.05) is 23.7 Å². The van der Waals surface area contributed by atoms with Crippen LogP contribution in [-0.4, -0.2) is 143 Å². The minimum atomic E-state index is -0.206. The molecule has 1 aromatic carbocycles. The molecule has 2 atom stereocenters. The van der Waals surface area contributed by atoms with Crippen LogP contribution >= 0.6 is 0 Å². The summed E-state index contributed by atoms with van der Waals surface area (Å²) in [6, 6.07) is 12.7. The van der Waals surface area contributed by atoms with Gasteiger partial charge in [-0.3, -0.25) is 9.69 Å². The molecule has 2 aromatic heterocycles. The monoisotopic (exact) mass is 776 g/mol. The number of hydrogen-bond donors (Lipinski definition) is 1. The second kappa shape index (κ2) is 22.3. The number of anilines is 2. The summed E-state index contributed by atoms with van der Waals surface area (Å²) in [5, 5.41) is 8.27. The summed E-state index contributed by atoms with van der Waals surface area (Å²) in [5.41, 5.74) is 20.6. The smallest absolute Gasteiger partial charge is 0.306 e. The molecule has 16 nitrogen and oxygen atoms in total. The number of azide groups is 1. The standard InChI is InChI=1S/C40H60N10O6/c1-30-23-31(2)50(45-30)37-25-33(24-36(27-37)49-14-12-47(13-15-49)16-18-55-20-22-56-21-19-54-17-10-43-46-42)34(26-39(51)53-4)29-48-11-9-32(28-48)5-6-35-7-8-38(52-3)40(41)44-35/h7-8,23-25,27,32,34H,5-6,9-22,26,28-29H2,1-4H3,(H2,41,44)/t32-,34-/m1/s1. The van der Waals surface area contributed by atoms with Crippen LogP contribution in [0.1, 0.15) is 47.8 Å². The molecule has 0 bridgehead atoms. The molecular weight excluding hydrogens is 717 g/mol. The van der Waals surface area contributed by atoms with Crippen molar-refractivity contribution in [3.63, 3.8) is 0 Å². The quantitative estimate of drug-likeness (QED) is 0.0468. The van der Waals surface area contributed by atoms with Crippen LogP contribution in [0.3, 0.4) is 0 Å². The molecule has 0 amide bonds. The molecule has 4 heterocycles. The van der Waals surface area contributed by atoms with Gasteiger partial charge in [-0.2, -0.15) is 5.10 Å². The molecule has 0 spiro atoms. The maximum Gasteiger partial charge on any atom is 0.306 e. The maximum atomic E-state index is 12.9. The molecule has 2 N–H and O–H groups in total. The highest BCUT2D eigenvalue weighted by molar-refractivity contribution is 5.71. The fourth-order valence-corrected chi connectivity index (χ4v) is 7.53. The lowest BCUT2D eigenvalue weighted by molar-refractivity contribution is -0.141. The topological polar surface area (TPSA) is 178 Å². The Morgan fingerprint density at radius 1 is 0.946 bits per heavy atom. The predicted molar refractivity (Wildman–Crippen MR) is 216 cm³/mol. The molecule has 2 aliphatic heterocycles. The molecule has 0 unspecified atom stereocenters. The number of benzene rings is 1. The Morgan fingerprint density at radius 2 is 1.68 bits per heavy atom. The number of methoxy groups -OCH3 is 2. The van der Waals surface area contributed by atoms with E-state index in [4.69, 9.17) is 40.0 Å². The highest BCUT2D eigenvalue weighted by Crippen LogP contribution is 2.32. The number of nitrogens with zero attached hydrogens (tertiary/aromatic N) is 9. The van der Waals surface area contributed by atoms with Crippen molar-refractivity contribution in [2.75, 3.05) is 123 Å². The number of nitrogens with two attached hydrogens (primary N) is 1. The summed E-state index contributed by atoms with van der Waals surface area (Å²) >= 11 is 0. The second-order valence-electron chi connectivity index (χ2n) is 14.6. The lowest BCUT2D eigenvalue weighted by atomic mass is 9.93. The summed E-state index contributed by atoms with van der Waals surface area (Å²) < 4.78 is 29.3. The normalized spacial score (nSPS) is 16.9. The van der Waals surface area contributed by atoms with E-state index < -0.39 is 0 Å². The molecule has 0 aliphatic carbocycles. The fourth-order valence-electron chi connectivity index (χ4n) is 7.53. The maximum absolute atomic E-state index is 12.9. The van der Waals surface area contributed by atoms with Gasteiger partial charge in [0.05, 0.1) is 71.7 Å². The van der Waals surface area contributed by atoms with Crippen LogP contribution in [0.5, 0.6) is 5.75 Å². The SMILES string of the molecule is COC(=O)C[C@H](CN1CC[C@@H](CCc2ccc(OC)c(N)n2)C1)c1cc(N2CCN(CCOCCOCCOCCN=[N+]=[N-])CC2)cc(-n2nc(C)cc2C)c1. The Labute approximate surface area is 330 Å². The lowest BCUT2D eigenvalue weighted by Gasteiger charge is -2.36. The van der Waals surface area contributed by atoms with Gasteiger partial charge in [0.15, 0.2) is 11.6 Å². The molecule has 56 heavy (non-hydrogen) atoms. The molecule has 16 heteroatoms. The lowest BCUT2D eigenvalue weighted by Crippen LogP contribution is -2.47. The van der Waals surface area contributed by atoms with Gasteiger partial charge in [-0.1, -0.05) is 5.11 Å². The van der Waals surface area contributed by atoms with Crippen LogP contribution in [-0.2, 0) is 30.2 Å². The number of rotatable bonds is 23. The fraction of sp³-hybridized carbons (Fsp3) is 0.625. The number of likely N-dealkylation sites (tertiary alicyclic amines) is 1. The van der Waals surface area contributed by atoms with Gasteiger partial charge in [0.2, 0.25) is 0 Å². The summed E-state index contributed by atoms with van der Waals surface area (Å²) in [4.78, 5) is 27.5. The third kappa shape index (κ3) is 13.1. The van der Waals surface area contributed by atoms with Crippen molar-refractivity contribution in [1.82, 2.24) is 24.6 Å². The predicted octanol–water partition coefficient (Wildman–Crippen LogP) is 4.56. The molecule has 0 saturated carbocycles. The van der Waals surface area contributed by atoms with Gasteiger partial charge in [0.1, 0.15) is 0 Å². The molecule has 306 valence electrons. The minimum absolute atomic E-state index is 0.0426. The van der Waals surface area contributed by atoms with Crippen molar-refractivity contribution in [3.05, 3.63) is 69.5 Å². The van der Waals surface area contributed by atoms with E-state index in [0.29, 0.717) is 70.1 Å². The number of hydrogen-bond acceptors (Lipinski definition) is 13. The molecular formula is C40H60N10O6. The van der Waals surface area contributed by atoms with E-state index in [1.54, 1.807) is 7.11 Å². The first-order chi connectivity index (χ1) is 27.3. The summed E-state index contributed by atoms with van der Waals surface area (Å²) in [5.74, 6) is 1.32. The highest BCUT2D eigenvalue weighted by Gasteiger charge is 2.28. The third-order valence-corrected chi connectivity index (χ3v) is 10.5. The summed E-state index contributed by atoms with van der Waals surface area (Å²) in [6.07, 6.45) is 3.30.